The molecular formula is C18H22Cl2N4O2. The highest BCUT2D eigenvalue weighted by atomic mass is 35.5. The monoisotopic (exact) mass is 396 g/mol. The molecule has 0 radical (unpaired) electrons. The number of aromatic nitrogens is 1. The van der Waals surface area contributed by atoms with Crippen molar-refractivity contribution in [2.24, 2.45) is 0 Å². The predicted octanol–water partition coefficient (Wildman–Crippen LogP) is 3.43. The maximum absolute atomic E-state index is 12.5. The summed E-state index contributed by atoms with van der Waals surface area (Å²) in [5.41, 5.74) is 1.54. The van der Waals surface area contributed by atoms with Crippen molar-refractivity contribution in [2.45, 2.75) is 26.4 Å². The van der Waals surface area contributed by atoms with Crippen molar-refractivity contribution in [3.8, 4) is 0 Å². The zero-order chi connectivity index (χ0) is 18.7. The van der Waals surface area contributed by atoms with E-state index in [1.807, 2.05) is 19.9 Å². The number of benzene rings is 1. The standard InChI is InChI=1S/C18H22Cl2N4O2/c1-12-9-15(26-22-12)11-23-5-7-24(8-6-23)13(2)18(25)21-14-3-4-16(19)17(20)10-14/h3-4,9-10,13H,5-8,11H2,1-2H3,(H,21,25). The zero-order valence-electron chi connectivity index (χ0n) is 14.8. The predicted molar refractivity (Wildman–Crippen MR) is 103 cm³/mol. The molecule has 0 bridgehead atoms. The van der Waals surface area contributed by atoms with E-state index in [-0.39, 0.29) is 11.9 Å². The lowest BCUT2D eigenvalue weighted by molar-refractivity contribution is -0.121. The Balaban J connectivity index is 1.50. The van der Waals surface area contributed by atoms with Crippen molar-refractivity contribution in [2.75, 3.05) is 31.5 Å². The van der Waals surface area contributed by atoms with Gasteiger partial charge in [-0.15, -0.1) is 0 Å². The molecule has 2 aromatic rings. The first-order chi connectivity index (χ1) is 12.4. The molecule has 6 nitrogen and oxygen atoms in total. The SMILES string of the molecule is Cc1cc(CN2CCN(C(C)C(=O)Nc3ccc(Cl)c(Cl)c3)CC2)on1. The second-order valence-corrected chi connectivity index (χ2v) is 7.36. The van der Waals surface area contributed by atoms with E-state index in [1.165, 1.54) is 0 Å². The molecule has 1 N–H and O–H groups in total. The number of rotatable bonds is 5. The third-order valence-electron chi connectivity index (χ3n) is 4.58. The van der Waals surface area contributed by atoms with Crippen LogP contribution in [0.4, 0.5) is 5.69 Å². The zero-order valence-corrected chi connectivity index (χ0v) is 16.3. The Morgan fingerprint density at radius 1 is 1.23 bits per heavy atom. The lowest BCUT2D eigenvalue weighted by Crippen LogP contribution is -2.52. The van der Waals surface area contributed by atoms with Gasteiger partial charge in [-0.25, -0.2) is 0 Å². The minimum Gasteiger partial charge on any atom is -0.360 e. The number of anilines is 1. The molecule has 140 valence electrons. The Morgan fingerprint density at radius 3 is 2.58 bits per heavy atom. The fourth-order valence-corrected chi connectivity index (χ4v) is 3.30. The van der Waals surface area contributed by atoms with Crippen LogP contribution in [-0.4, -0.2) is 53.1 Å². The fraction of sp³-hybridized carbons (Fsp3) is 0.444. The minimum atomic E-state index is -0.223. The summed E-state index contributed by atoms with van der Waals surface area (Å²) in [5, 5.41) is 7.71. The van der Waals surface area contributed by atoms with E-state index in [4.69, 9.17) is 27.7 Å². The summed E-state index contributed by atoms with van der Waals surface area (Å²) in [6.07, 6.45) is 0. The molecule has 3 rings (SSSR count). The van der Waals surface area contributed by atoms with Crippen LogP contribution in [0.25, 0.3) is 0 Å². The number of amides is 1. The maximum atomic E-state index is 12.5. The number of carbonyl (C=O) groups excluding carboxylic acids is 1. The molecule has 26 heavy (non-hydrogen) atoms. The van der Waals surface area contributed by atoms with Crippen molar-refractivity contribution in [1.82, 2.24) is 15.0 Å². The molecule has 0 saturated carbocycles. The molecule has 1 aromatic carbocycles. The van der Waals surface area contributed by atoms with Gasteiger partial charge in [0.15, 0.2) is 5.76 Å². The summed E-state index contributed by atoms with van der Waals surface area (Å²) in [6.45, 7) is 7.99. The summed E-state index contributed by atoms with van der Waals surface area (Å²) in [7, 11) is 0. The van der Waals surface area contributed by atoms with Crippen molar-refractivity contribution < 1.29 is 9.32 Å². The molecule has 1 saturated heterocycles. The topological polar surface area (TPSA) is 61.6 Å². The number of piperazine rings is 1. The van der Waals surface area contributed by atoms with Gasteiger partial charge >= 0.3 is 0 Å². The van der Waals surface area contributed by atoms with Gasteiger partial charge in [0, 0.05) is 37.9 Å². The summed E-state index contributed by atoms with van der Waals surface area (Å²) < 4.78 is 5.27. The van der Waals surface area contributed by atoms with Crippen LogP contribution in [0.3, 0.4) is 0 Å². The van der Waals surface area contributed by atoms with Gasteiger partial charge in [0.25, 0.3) is 0 Å². The highest BCUT2D eigenvalue weighted by Gasteiger charge is 2.26. The number of halogens is 2. The van der Waals surface area contributed by atoms with E-state index in [0.29, 0.717) is 15.7 Å². The molecule has 1 amide bonds. The van der Waals surface area contributed by atoms with Gasteiger partial charge in [-0.1, -0.05) is 28.4 Å². The van der Waals surface area contributed by atoms with Crippen molar-refractivity contribution in [3.63, 3.8) is 0 Å². The quantitative estimate of drug-likeness (QED) is 0.838. The van der Waals surface area contributed by atoms with E-state index in [9.17, 15) is 4.79 Å². The number of hydrogen-bond donors (Lipinski definition) is 1. The number of aryl methyl sites for hydroxylation is 1. The number of hydrogen-bond acceptors (Lipinski definition) is 5. The first-order valence-electron chi connectivity index (χ1n) is 8.57. The highest BCUT2D eigenvalue weighted by Crippen LogP contribution is 2.25. The van der Waals surface area contributed by atoms with E-state index in [0.717, 1.165) is 44.2 Å². The van der Waals surface area contributed by atoms with Gasteiger partial charge in [0.2, 0.25) is 5.91 Å². The van der Waals surface area contributed by atoms with Gasteiger partial charge in [0.05, 0.1) is 28.3 Å². The smallest absolute Gasteiger partial charge is 0.241 e. The third kappa shape index (κ3) is 4.76. The Morgan fingerprint density at radius 2 is 1.96 bits per heavy atom. The normalized spacial score (nSPS) is 17.2. The fourth-order valence-electron chi connectivity index (χ4n) is 3.01. The first kappa shape index (κ1) is 19.2. The van der Waals surface area contributed by atoms with Crippen LogP contribution in [0.1, 0.15) is 18.4 Å². The van der Waals surface area contributed by atoms with Crippen LogP contribution in [0.5, 0.6) is 0 Å². The molecule has 1 fully saturated rings. The Hall–Kier alpha value is -1.60. The van der Waals surface area contributed by atoms with Gasteiger partial charge in [-0.2, -0.15) is 0 Å². The van der Waals surface area contributed by atoms with Gasteiger partial charge in [-0.05, 0) is 32.0 Å². The summed E-state index contributed by atoms with van der Waals surface area (Å²) in [4.78, 5) is 17.0. The van der Waals surface area contributed by atoms with Crippen molar-refractivity contribution in [1.29, 1.82) is 0 Å². The Bertz CT molecular complexity index is 772. The van der Waals surface area contributed by atoms with Gasteiger partial charge < -0.3 is 9.84 Å². The van der Waals surface area contributed by atoms with Crippen LogP contribution in [-0.2, 0) is 11.3 Å². The average molecular weight is 397 g/mol. The van der Waals surface area contributed by atoms with Crippen molar-refractivity contribution in [3.05, 3.63) is 45.8 Å². The molecule has 1 aromatic heterocycles. The highest BCUT2D eigenvalue weighted by molar-refractivity contribution is 6.42. The van der Waals surface area contributed by atoms with Gasteiger partial charge in [-0.3, -0.25) is 14.6 Å². The summed E-state index contributed by atoms with van der Waals surface area (Å²) >= 11 is 11.9. The molecule has 1 aliphatic heterocycles. The molecule has 1 atom stereocenters. The van der Waals surface area contributed by atoms with Crippen LogP contribution in [0.15, 0.2) is 28.8 Å². The largest absolute Gasteiger partial charge is 0.360 e. The number of nitrogens with zero attached hydrogens (tertiary/aromatic N) is 3. The Labute approximate surface area is 163 Å². The lowest BCUT2D eigenvalue weighted by atomic mass is 10.2. The first-order valence-corrected chi connectivity index (χ1v) is 9.32. The third-order valence-corrected chi connectivity index (χ3v) is 5.32. The molecule has 0 spiro atoms. The molecule has 8 heteroatoms. The second kappa shape index (κ2) is 8.39. The number of carbonyl (C=O) groups is 1. The lowest BCUT2D eigenvalue weighted by Gasteiger charge is -2.37. The minimum absolute atomic E-state index is 0.0531. The van der Waals surface area contributed by atoms with E-state index in [1.54, 1.807) is 18.2 Å². The van der Waals surface area contributed by atoms with Crippen LogP contribution in [0.2, 0.25) is 10.0 Å². The van der Waals surface area contributed by atoms with E-state index >= 15 is 0 Å². The molecule has 1 unspecified atom stereocenters. The summed E-state index contributed by atoms with van der Waals surface area (Å²) in [6, 6.07) is 6.81. The molecule has 1 aliphatic rings. The average Bonchev–Trinajstić information content (AvgIpc) is 3.03. The summed E-state index contributed by atoms with van der Waals surface area (Å²) in [5.74, 6) is 0.823. The molecular weight excluding hydrogens is 375 g/mol. The maximum Gasteiger partial charge on any atom is 0.241 e. The van der Waals surface area contributed by atoms with E-state index < -0.39 is 0 Å². The van der Waals surface area contributed by atoms with E-state index in [2.05, 4.69) is 20.3 Å². The second-order valence-electron chi connectivity index (χ2n) is 6.54. The molecule has 0 aliphatic carbocycles. The van der Waals surface area contributed by atoms with Crippen LogP contribution in [0, 0.1) is 6.92 Å². The van der Waals surface area contributed by atoms with Crippen molar-refractivity contribution >= 4 is 34.8 Å². The number of nitrogens with one attached hydrogen (secondary N) is 1. The van der Waals surface area contributed by atoms with Gasteiger partial charge in [0.1, 0.15) is 0 Å². The van der Waals surface area contributed by atoms with Crippen LogP contribution >= 0.6 is 23.2 Å². The van der Waals surface area contributed by atoms with Crippen LogP contribution < -0.4 is 5.32 Å². The molecule has 2 heterocycles. The Kier molecular flexibility index (Phi) is 6.19.